The summed E-state index contributed by atoms with van der Waals surface area (Å²) in [5.74, 6) is 0.138. The first kappa shape index (κ1) is 80.1. The number of ether oxygens (including phenoxy) is 3. The third-order valence-corrected chi connectivity index (χ3v) is 15.6. The van der Waals surface area contributed by atoms with E-state index in [0.29, 0.717) is 94.1 Å². The van der Waals surface area contributed by atoms with Crippen molar-refractivity contribution in [2.24, 2.45) is 4.99 Å². The number of benzene rings is 2. The molecule has 1 aliphatic heterocycles. The molecule has 11 aromatic rings. The van der Waals surface area contributed by atoms with Crippen molar-refractivity contribution in [1.82, 2.24) is 47.4 Å². The lowest BCUT2D eigenvalue weighted by Crippen LogP contribution is -2.41. The van der Waals surface area contributed by atoms with Gasteiger partial charge in [0.1, 0.15) is 80.0 Å². The van der Waals surface area contributed by atoms with Crippen molar-refractivity contribution in [3.63, 3.8) is 0 Å². The Balaban J connectivity index is 0.000000191. The molecule has 0 unspecified atom stereocenters. The number of fused-ring (bicyclic) bond motifs is 2. The molecule has 10 heterocycles. The SMILES string of the molecule is CCCn1c(=O)c2c(n(CC)c1=O)N=C(c1cnn(Cc3cccc(C(F)(F)F)c3)c1)C2.CCCn1c(=O)c2c(nc(-c3cnn(Cc4cccc(C(F)(F)F)c4)c3)n2COCc2oc(=O)oc2C)n(CC)c1=O.Cc1oc(=O)oc1CO.Cc1oc(=O)oc1COCCl.Cc1oc(=O)oc1COCCl. The van der Waals surface area contributed by atoms with E-state index >= 15 is 0 Å². The number of aromatic nitrogens is 10. The minimum atomic E-state index is -4.48. The normalized spacial score (nSPS) is 11.9. The van der Waals surface area contributed by atoms with E-state index in [4.69, 9.17) is 51.4 Å². The van der Waals surface area contributed by atoms with Gasteiger partial charge >= 0.3 is 47.0 Å². The first-order chi connectivity index (χ1) is 49.9. The van der Waals surface area contributed by atoms with Gasteiger partial charge in [-0.3, -0.25) is 41.8 Å². The molecule has 0 saturated carbocycles. The quantitative estimate of drug-likeness (QED) is 0.0459. The Kier molecular flexibility index (Phi) is 27.3. The highest BCUT2D eigenvalue weighted by Crippen LogP contribution is 2.32. The zero-order valence-corrected chi connectivity index (χ0v) is 58.9. The molecule has 105 heavy (non-hydrogen) atoms. The van der Waals surface area contributed by atoms with Crippen molar-refractivity contribution in [2.45, 2.75) is 159 Å². The second-order valence-corrected chi connectivity index (χ2v) is 23.0. The van der Waals surface area contributed by atoms with E-state index in [1.165, 1.54) is 46.0 Å². The third-order valence-electron chi connectivity index (χ3n) is 15.3. The average Bonchev–Trinajstić information content (AvgIpc) is 1.59. The summed E-state index contributed by atoms with van der Waals surface area (Å²) in [6.45, 7) is 14.7. The summed E-state index contributed by atoms with van der Waals surface area (Å²) in [5, 5.41) is 17.0. The number of halogens is 8. The number of aliphatic imine (C=N–C) groups is 1. The van der Waals surface area contributed by atoms with Gasteiger partial charge in [0.05, 0.1) is 53.4 Å². The smallest absolute Gasteiger partial charge is 0.396 e. The third kappa shape index (κ3) is 20.0. The van der Waals surface area contributed by atoms with Gasteiger partial charge in [-0.1, -0.05) is 61.3 Å². The molecule has 0 bridgehead atoms. The largest absolute Gasteiger partial charge is 0.519 e. The maximum Gasteiger partial charge on any atom is 0.519 e. The fourth-order valence-corrected chi connectivity index (χ4v) is 10.5. The van der Waals surface area contributed by atoms with Crippen LogP contribution in [0, 0.1) is 27.7 Å². The van der Waals surface area contributed by atoms with Gasteiger partial charge in [0.25, 0.3) is 11.1 Å². The summed E-state index contributed by atoms with van der Waals surface area (Å²) < 4.78 is 141. The number of alkyl halides is 8. The molecule has 12 rings (SSSR count). The zero-order chi connectivity index (χ0) is 76.6. The van der Waals surface area contributed by atoms with Crippen LogP contribution in [0.4, 0.5) is 32.2 Å². The van der Waals surface area contributed by atoms with Crippen molar-refractivity contribution in [3.05, 3.63) is 237 Å². The lowest BCUT2D eigenvalue weighted by Gasteiger charge is -2.11. The van der Waals surface area contributed by atoms with Crippen LogP contribution >= 0.6 is 23.2 Å². The Morgan fingerprint density at radius 2 is 0.962 bits per heavy atom. The molecule has 9 aromatic heterocycles. The molecule has 564 valence electrons. The molecule has 0 aliphatic carbocycles. The van der Waals surface area contributed by atoms with Crippen LogP contribution in [0.15, 0.2) is 152 Å². The Hall–Kier alpha value is -10.6. The van der Waals surface area contributed by atoms with Crippen molar-refractivity contribution in [2.75, 3.05) is 12.1 Å². The van der Waals surface area contributed by atoms with Gasteiger partial charge in [0.2, 0.25) is 0 Å². The molecule has 0 saturated heterocycles. The van der Waals surface area contributed by atoms with Crippen molar-refractivity contribution in [3.8, 4) is 11.4 Å². The van der Waals surface area contributed by atoms with E-state index in [2.05, 4.69) is 46.7 Å². The number of aliphatic hydroxyl groups is 1. The minimum absolute atomic E-state index is 0.0441. The molecule has 0 radical (unpaired) electrons. The topological polar surface area (TPSA) is 375 Å². The van der Waals surface area contributed by atoms with Crippen molar-refractivity contribution >= 4 is 45.9 Å². The summed E-state index contributed by atoms with van der Waals surface area (Å²) in [6.07, 6.45) is -1.12. The van der Waals surface area contributed by atoms with Gasteiger partial charge < -0.3 is 54.7 Å². The lowest BCUT2D eigenvalue weighted by atomic mass is 10.1. The molecular formula is C66H69Cl2F6N11O20. The van der Waals surface area contributed by atoms with E-state index in [1.54, 1.807) is 65.3 Å². The van der Waals surface area contributed by atoms with E-state index in [0.717, 1.165) is 28.8 Å². The van der Waals surface area contributed by atoms with E-state index < -0.39 is 58.0 Å². The second-order valence-electron chi connectivity index (χ2n) is 22.6. The average molecular weight is 1520 g/mol. The summed E-state index contributed by atoms with van der Waals surface area (Å²) in [7, 11) is 0. The minimum Gasteiger partial charge on any atom is -0.396 e. The maximum atomic E-state index is 13.6. The maximum absolute atomic E-state index is 13.6. The number of aryl methyl sites for hydroxylation is 5. The molecule has 1 N–H and O–H groups in total. The Labute approximate surface area is 596 Å². The lowest BCUT2D eigenvalue weighted by molar-refractivity contribution is -0.138. The van der Waals surface area contributed by atoms with Gasteiger partial charge in [0.15, 0.2) is 34.2 Å². The summed E-state index contributed by atoms with van der Waals surface area (Å²) in [4.78, 5) is 104. The highest BCUT2D eigenvalue weighted by molar-refractivity contribution is 6.17. The molecular weight excluding hydrogens is 1450 g/mol. The highest BCUT2D eigenvalue weighted by atomic mass is 35.5. The van der Waals surface area contributed by atoms with E-state index in [1.807, 2.05) is 20.8 Å². The highest BCUT2D eigenvalue weighted by Gasteiger charge is 2.32. The monoisotopic (exact) mass is 1520 g/mol. The Bertz CT molecular complexity index is 5280. The second kappa shape index (κ2) is 35.7. The number of nitrogens with zero attached hydrogens (tertiary/aromatic N) is 11. The van der Waals surface area contributed by atoms with Crippen LogP contribution in [0.5, 0.6) is 0 Å². The molecule has 0 amide bonds. The van der Waals surface area contributed by atoms with E-state index in [9.17, 15) is 64.7 Å². The molecule has 39 heteroatoms. The molecule has 0 atom stereocenters. The fraction of sp³-hybridized carbons (Fsp3) is 0.394. The summed E-state index contributed by atoms with van der Waals surface area (Å²) in [6, 6.07) is 10.2. The predicted molar refractivity (Wildman–Crippen MR) is 359 cm³/mol. The van der Waals surface area contributed by atoms with Crippen molar-refractivity contribution in [1.29, 1.82) is 0 Å². The van der Waals surface area contributed by atoms with Crippen LogP contribution in [0.1, 0.15) is 120 Å². The molecule has 1 aliphatic rings. The van der Waals surface area contributed by atoms with Gasteiger partial charge in [-0.25, -0.2) is 38.7 Å². The van der Waals surface area contributed by atoms with Crippen LogP contribution in [-0.4, -0.2) is 70.3 Å². The molecule has 2 aromatic carbocycles. The molecule has 31 nitrogen and oxygen atoms in total. The number of hydrogen-bond acceptors (Lipinski definition) is 24. The summed E-state index contributed by atoms with van der Waals surface area (Å²) >= 11 is 10.5. The molecule has 0 fully saturated rings. The first-order valence-electron chi connectivity index (χ1n) is 31.8. The number of imidazole rings is 1. The van der Waals surface area contributed by atoms with Gasteiger partial charge in [-0.2, -0.15) is 36.5 Å². The van der Waals surface area contributed by atoms with Crippen LogP contribution in [0.25, 0.3) is 22.6 Å². The van der Waals surface area contributed by atoms with Crippen LogP contribution in [0.3, 0.4) is 0 Å². The van der Waals surface area contributed by atoms with Crippen LogP contribution < -0.4 is 45.8 Å². The Morgan fingerprint density at radius 1 is 0.533 bits per heavy atom. The van der Waals surface area contributed by atoms with Crippen LogP contribution in [-0.2, 0) is 105 Å². The van der Waals surface area contributed by atoms with Gasteiger partial charge in [0, 0.05) is 50.6 Å². The van der Waals surface area contributed by atoms with Crippen molar-refractivity contribution < 1.29 is 81.0 Å². The Morgan fingerprint density at radius 3 is 1.37 bits per heavy atom. The predicted octanol–water partition coefficient (Wildman–Crippen LogP) is 9.67. The standard InChI is InChI=1S/C27H27F3N6O6.C22H22F3N5O2.2C6H7ClO4.C5H6O4/c1-4-9-35-24(37)21-23(34(5-2)25(35)38)32-22(36(21)15-40-14-20-16(3)41-26(39)42-20)18-11-31-33(13-18)12-17-7-6-8-19(10-17)27(28,29)30;1-3-8-30-20(31)17-10-18(27-19(17)29(4-2)21(30)32)15-11-26-28(13-15)12-14-6-5-7-16(9-14)22(23,24)25;2*1-4-5(2-9-3-7)11-6(8)10-4;1-3-4(2-6)9-5(7)8-3/h6-8,10-11,13H,4-5,9,12,14-15H2,1-3H3;5-7,9,11,13H,3-4,8,10,12H2,1-2H3;2*2-3H2,1H3;6H,2H2,1H3. The first-order valence-corrected chi connectivity index (χ1v) is 32.9. The zero-order valence-electron chi connectivity index (χ0n) is 57.4. The van der Waals surface area contributed by atoms with Gasteiger partial charge in [-0.05, 0) is 89.8 Å². The number of hydrogen-bond donors (Lipinski definition) is 1. The van der Waals surface area contributed by atoms with Gasteiger partial charge in [-0.15, -0.1) is 0 Å². The van der Waals surface area contributed by atoms with Crippen LogP contribution in [0.2, 0.25) is 0 Å². The van der Waals surface area contributed by atoms with E-state index in [-0.39, 0.29) is 123 Å². The fourth-order valence-electron chi connectivity index (χ4n) is 10.3. The summed E-state index contributed by atoms with van der Waals surface area (Å²) in [5.41, 5.74) is 0.0638. The molecule has 0 spiro atoms. The number of rotatable bonds is 23. The number of aliphatic hydroxyl groups excluding tert-OH is 1.